The fourth-order valence-electron chi connectivity index (χ4n) is 0.725. The lowest BCUT2D eigenvalue weighted by molar-refractivity contribution is 0.364. The Morgan fingerprint density at radius 3 is 2.27 bits per heavy atom. The molecule has 1 nitrogen and oxygen atoms in total. The fraction of sp³-hybridized carbons (Fsp3) is 0.143. The summed E-state index contributed by atoms with van der Waals surface area (Å²) in [6, 6.07) is 3.68. The molecule has 0 heterocycles. The first-order valence-electron chi connectivity index (χ1n) is 2.92. The number of halogens is 3. The van der Waals surface area contributed by atoms with Gasteiger partial charge in [0.05, 0.1) is 28.4 Å². The Morgan fingerprint density at radius 2 is 1.82 bits per heavy atom. The van der Waals surface area contributed by atoms with Crippen LogP contribution in [0.15, 0.2) is 18.2 Å². The molecule has 0 atom stereocenters. The van der Waals surface area contributed by atoms with Gasteiger partial charge in [-0.15, -0.1) is 0 Å². The van der Waals surface area contributed by atoms with Gasteiger partial charge in [0.2, 0.25) is 0 Å². The zero-order valence-electron chi connectivity index (χ0n) is 5.48. The highest BCUT2D eigenvalue weighted by Gasteiger charge is 2.06. The highest BCUT2D eigenvalue weighted by molar-refractivity contribution is 9.06. The van der Waals surface area contributed by atoms with Crippen LogP contribution in [0.25, 0.3) is 0 Å². The van der Waals surface area contributed by atoms with Gasteiger partial charge >= 0.3 is 0 Å². The van der Waals surface area contributed by atoms with E-state index in [4.69, 9.17) is 0 Å². The number of rotatable bonds is 2. The van der Waals surface area contributed by atoms with Crippen LogP contribution in [0.4, 0.5) is 8.78 Å². The second-order valence-electron chi connectivity index (χ2n) is 1.95. The highest BCUT2D eigenvalue weighted by atomic mass is 79.9. The maximum Gasteiger partial charge on any atom is 0.131 e. The molecule has 1 rings (SSSR count). The van der Waals surface area contributed by atoms with Gasteiger partial charge in [0, 0.05) is 0 Å². The van der Waals surface area contributed by atoms with Gasteiger partial charge in [-0.1, -0.05) is 6.07 Å². The van der Waals surface area contributed by atoms with E-state index in [0.717, 1.165) is 0 Å². The summed E-state index contributed by atoms with van der Waals surface area (Å²) in [6.07, 6.45) is 0. The lowest BCUT2D eigenvalue weighted by atomic mass is 10.2. The second-order valence-corrected chi connectivity index (χ2v) is 2.41. The summed E-state index contributed by atoms with van der Waals surface area (Å²) in [5, 5.41) is 0. The van der Waals surface area contributed by atoms with Crippen LogP contribution in [0.3, 0.4) is 0 Å². The van der Waals surface area contributed by atoms with Gasteiger partial charge in [0.15, 0.2) is 0 Å². The topological polar surface area (TPSA) is 9.23 Å². The van der Waals surface area contributed by atoms with Crippen LogP contribution in [-0.2, 0) is 10.4 Å². The van der Waals surface area contributed by atoms with Crippen molar-refractivity contribution in [1.29, 1.82) is 0 Å². The summed E-state index contributed by atoms with van der Waals surface area (Å²) in [5.41, 5.74) is -0.0654. The fourth-order valence-corrected chi connectivity index (χ4v) is 0.954. The molecule has 0 aliphatic rings. The summed E-state index contributed by atoms with van der Waals surface area (Å²) in [5.74, 6) is -1.19. The van der Waals surface area contributed by atoms with E-state index < -0.39 is 11.6 Å². The van der Waals surface area contributed by atoms with Crippen LogP contribution in [0.5, 0.6) is 0 Å². The van der Waals surface area contributed by atoms with E-state index in [1.807, 2.05) is 0 Å². The molecule has 0 N–H and O–H groups in total. The first-order valence-corrected chi connectivity index (χ1v) is 3.57. The first kappa shape index (κ1) is 8.62. The summed E-state index contributed by atoms with van der Waals surface area (Å²) in [6.45, 7) is -0.113. The Labute approximate surface area is 71.4 Å². The molecule has 0 aliphatic carbocycles. The molecule has 0 radical (unpaired) electrons. The zero-order valence-corrected chi connectivity index (χ0v) is 7.07. The lowest BCUT2D eigenvalue weighted by Gasteiger charge is -2.00. The molecule has 0 fully saturated rings. The predicted octanol–water partition coefficient (Wildman–Crippen LogP) is 2.79. The van der Waals surface area contributed by atoms with Crippen LogP contribution in [0.2, 0.25) is 0 Å². The van der Waals surface area contributed by atoms with E-state index in [-0.39, 0.29) is 12.2 Å². The van der Waals surface area contributed by atoms with Crippen molar-refractivity contribution in [3.63, 3.8) is 0 Å². The van der Waals surface area contributed by atoms with Crippen molar-refractivity contribution in [3.8, 4) is 0 Å². The van der Waals surface area contributed by atoms with E-state index in [9.17, 15) is 8.78 Å². The van der Waals surface area contributed by atoms with Crippen molar-refractivity contribution in [2.24, 2.45) is 0 Å². The van der Waals surface area contributed by atoms with Crippen molar-refractivity contribution in [2.75, 3.05) is 0 Å². The minimum absolute atomic E-state index is 0.0654. The van der Waals surface area contributed by atoms with Crippen molar-refractivity contribution < 1.29 is 12.6 Å². The Morgan fingerprint density at radius 1 is 1.27 bits per heavy atom. The molecule has 0 amide bonds. The Hall–Kier alpha value is -0.480. The molecule has 1 aromatic carbocycles. The number of hydrogen-bond donors (Lipinski definition) is 0. The molecule has 0 unspecified atom stereocenters. The quantitative estimate of drug-likeness (QED) is 0.748. The molecule has 11 heavy (non-hydrogen) atoms. The average Bonchev–Trinajstić information content (AvgIpc) is 1.97. The van der Waals surface area contributed by atoms with Gasteiger partial charge < -0.3 is 3.83 Å². The third-order valence-electron chi connectivity index (χ3n) is 1.26. The van der Waals surface area contributed by atoms with E-state index in [2.05, 4.69) is 20.1 Å². The van der Waals surface area contributed by atoms with Crippen LogP contribution in [0.1, 0.15) is 5.56 Å². The highest BCUT2D eigenvalue weighted by Crippen LogP contribution is 2.13. The molecule has 0 saturated carbocycles. The SMILES string of the molecule is Fc1cccc(F)c1COBr. The summed E-state index contributed by atoms with van der Waals surface area (Å²) < 4.78 is 29.8. The number of benzene rings is 1. The largest absolute Gasteiger partial charge is 0.303 e. The smallest absolute Gasteiger partial charge is 0.131 e. The maximum absolute atomic E-state index is 12.7. The first-order chi connectivity index (χ1) is 5.25. The summed E-state index contributed by atoms with van der Waals surface area (Å²) >= 11 is 2.62. The normalized spacial score (nSPS) is 10.1. The molecule has 0 aromatic heterocycles. The minimum Gasteiger partial charge on any atom is -0.303 e. The second kappa shape index (κ2) is 3.78. The molecular formula is C7H5BrF2O. The molecule has 0 spiro atoms. The van der Waals surface area contributed by atoms with E-state index >= 15 is 0 Å². The number of hydrogen-bond acceptors (Lipinski definition) is 1. The monoisotopic (exact) mass is 222 g/mol. The Bertz CT molecular complexity index is 232. The van der Waals surface area contributed by atoms with Crippen LogP contribution < -0.4 is 0 Å². The van der Waals surface area contributed by atoms with Gasteiger partial charge in [0.25, 0.3) is 0 Å². The minimum atomic E-state index is -0.593. The van der Waals surface area contributed by atoms with Crippen molar-refractivity contribution >= 4 is 16.3 Å². The summed E-state index contributed by atoms with van der Waals surface area (Å²) in [4.78, 5) is 0. The van der Waals surface area contributed by atoms with Crippen LogP contribution in [-0.4, -0.2) is 0 Å². The van der Waals surface area contributed by atoms with E-state index in [1.54, 1.807) is 0 Å². The van der Waals surface area contributed by atoms with Crippen LogP contribution in [0, 0.1) is 11.6 Å². The van der Waals surface area contributed by atoms with E-state index in [0.29, 0.717) is 0 Å². The molecule has 0 saturated heterocycles. The summed E-state index contributed by atoms with van der Waals surface area (Å²) in [7, 11) is 0. The Kier molecular flexibility index (Phi) is 2.96. The third-order valence-corrected chi connectivity index (χ3v) is 1.49. The molecule has 4 heteroatoms. The van der Waals surface area contributed by atoms with Crippen molar-refractivity contribution in [2.45, 2.75) is 6.61 Å². The van der Waals surface area contributed by atoms with Gasteiger partial charge in [-0.25, -0.2) is 8.78 Å². The standard InChI is InChI=1S/C7H5BrF2O/c8-11-4-5-6(9)2-1-3-7(5)10/h1-3H,4H2. The molecule has 60 valence electrons. The Balaban J connectivity index is 3.00. The van der Waals surface area contributed by atoms with Crippen LogP contribution >= 0.6 is 16.3 Å². The van der Waals surface area contributed by atoms with Gasteiger partial charge in [0.1, 0.15) is 11.6 Å². The van der Waals surface area contributed by atoms with E-state index in [1.165, 1.54) is 18.2 Å². The molecule has 0 bridgehead atoms. The van der Waals surface area contributed by atoms with Crippen molar-refractivity contribution in [1.82, 2.24) is 0 Å². The molecule has 0 aliphatic heterocycles. The van der Waals surface area contributed by atoms with Gasteiger partial charge in [-0.2, -0.15) is 0 Å². The van der Waals surface area contributed by atoms with Gasteiger partial charge in [-0.3, -0.25) is 0 Å². The van der Waals surface area contributed by atoms with Gasteiger partial charge in [-0.05, 0) is 12.1 Å². The molecular weight excluding hydrogens is 218 g/mol. The maximum atomic E-state index is 12.7. The lowest BCUT2D eigenvalue weighted by Crippen LogP contribution is -1.94. The average molecular weight is 223 g/mol. The third kappa shape index (κ3) is 1.97. The predicted molar refractivity (Wildman–Crippen MR) is 40.1 cm³/mol. The zero-order chi connectivity index (χ0) is 8.27. The van der Waals surface area contributed by atoms with Crippen molar-refractivity contribution in [3.05, 3.63) is 35.4 Å². The molecule has 1 aromatic rings.